The highest BCUT2D eigenvalue weighted by Crippen LogP contribution is 2.19. The fourth-order valence-electron chi connectivity index (χ4n) is 2.94. The number of hydrogen-bond donors (Lipinski definition) is 1. The fourth-order valence-corrected chi connectivity index (χ4v) is 4.07. The van der Waals surface area contributed by atoms with E-state index in [1.807, 2.05) is 64.1 Å². The van der Waals surface area contributed by atoms with Crippen LogP contribution in [-0.4, -0.2) is 34.6 Å². The summed E-state index contributed by atoms with van der Waals surface area (Å²) in [6.45, 7) is 8.29. The van der Waals surface area contributed by atoms with Gasteiger partial charge < -0.3 is 10.2 Å². The summed E-state index contributed by atoms with van der Waals surface area (Å²) in [5.41, 5.74) is 3.35. The van der Waals surface area contributed by atoms with Crippen molar-refractivity contribution in [3.63, 3.8) is 0 Å². The molecule has 0 saturated carbocycles. The van der Waals surface area contributed by atoms with Crippen molar-refractivity contribution in [2.24, 2.45) is 0 Å². The first-order valence-electron chi connectivity index (χ1n) is 10.3. The lowest BCUT2D eigenvalue weighted by molar-refractivity contribution is -0.138. The maximum atomic E-state index is 13.1. The topological polar surface area (TPSA) is 49.4 Å². The summed E-state index contributed by atoms with van der Waals surface area (Å²) in [6.07, 6.45) is 0.854. The van der Waals surface area contributed by atoms with Crippen molar-refractivity contribution >= 4 is 39.5 Å². The number of halogens is 1. The molecule has 0 aromatic heterocycles. The van der Waals surface area contributed by atoms with Crippen LogP contribution < -0.4 is 5.32 Å². The van der Waals surface area contributed by atoms with Gasteiger partial charge in [-0.2, -0.15) is 0 Å². The Labute approximate surface area is 192 Å². The van der Waals surface area contributed by atoms with E-state index in [0.29, 0.717) is 12.3 Å². The highest BCUT2D eigenvalue weighted by Gasteiger charge is 2.27. The molecule has 1 N–H and O–H groups in total. The minimum Gasteiger partial charge on any atom is -0.352 e. The molecule has 0 aliphatic heterocycles. The van der Waals surface area contributed by atoms with Crippen molar-refractivity contribution in [2.45, 2.75) is 58.5 Å². The Hall–Kier alpha value is -1.79. The second kappa shape index (κ2) is 12.2. The number of carbonyl (C=O) groups excluding carboxylic acids is 2. The summed E-state index contributed by atoms with van der Waals surface area (Å²) in [5.74, 6) is 0.962. The van der Waals surface area contributed by atoms with Gasteiger partial charge in [0.25, 0.3) is 0 Å². The molecule has 2 aromatic carbocycles. The van der Waals surface area contributed by atoms with Gasteiger partial charge in [0.1, 0.15) is 6.04 Å². The Bertz CT molecular complexity index is 841. The number of carbonyl (C=O) groups is 2. The Morgan fingerprint density at radius 2 is 1.77 bits per heavy atom. The number of nitrogens with zero attached hydrogens (tertiary/aromatic N) is 1. The molecule has 30 heavy (non-hydrogen) atoms. The Morgan fingerprint density at radius 1 is 1.10 bits per heavy atom. The molecule has 0 spiro atoms. The Balaban J connectivity index is 2.08. The quantitative estimate of drug-likeness (QED) is 0.489. The lowest BCUT2D eigenvalue weighted by Gasteiger charge is -2.30. The number of hydrogen-bond acceptors (Lipinski definition) is 3. The fraction of sp³-hybridized carbons (Fsp3) is 0.417. The third-order valence-electron chi connectivity index (χ3n) is 5.18. The minimum absolute atomic E-state index is 0.0211. The first kappa shape index (κ1) is 24.5. The Morgan fingerprint density at radius 3 is 2.40 bits per heavy atom. The average Bonchev–Trinajstić information content (AvgIpc) is 2.73. The lowest BCUT2D eigenvalue weighted by Crippen LogP contribution is -2.50. The van der Waals surface area contributed by atoms with Crippen LogP contribution in [0.2, 0.25) is 0 Å². The third-order valence-corrected chi connectivity index (χ3v) is 6.69. The normalized spacial score (nSPS) is 12.8. The van der Waals surface area contributed by atoms with Crippen molar-refractivity contribution in [3.05, 3.63) is 69.7 Å². The summed E-state index contributed by atoms with van der Waals surface area (Å²) in [4.78, 5) is 27.6. The van der Waals surface area contributed by atoms with Crippen LogP contribution in [0.3, 0.4) is 0 Å². The van der Waals surface area contributed by atoms with Crippen LogP contribution in [0.1, 0.15) is 43.9 Å². The summed E-state index contributed by atoms with van der Waals surface area (Å²) in [6, 6.07) is 15.7. The average molecular weight is 491 g/mol. The van der Waals surface area contributed by atoms with Gasteiger partial charge >= 0.3 is 0 Å². The van der Waals surface area contributed by atoms with Gasteiger partial charge in [-0.3, -0.25) is 9.59 Å². The van der Waals surface area contributed by atoms with Crippen molar-refractivity contribution in [1.29, 1.82) is 0 Å². The van der Waals surface area contributed by atoms with Crippen molar-refractivity contribution in [1.82, 2.24) is 10.2 Å². The molecular formula is C24H31BrN2O2S. The predicted octanol–water partition coefficient (Wildman–Crippen LogP) is 5.32. The number of nitrogens with one attached hydrogen (secondary N) is 1. The number of amides is 2. The summed E-state index contributed by atoms with van der Waals surface area (Å²) >= 11 is 5.01. The Kier molecular flexibility index (Phi) is 9.92. The molecule has 0 aliphatic rings. The number of benzene rings is 2. The SMILES string of the molecule is CC[C@H](C)NC(=O)[C@H](C)N(Cc1ccccc1C)C(=O)CSCc1ccc(Br)cc1. The summed E-state index contributed by atoms with van der Waals surface area (Å²) in [5, 5.41) is 3.01. The van der Waals surface area contributed by atoms with E-state index in [4.69, 9.17) is 0 Å². The molecule has 0 bridgehead atoms. The second-order valence-electron chi connectivity index (χ2n) is 7.56. The van der Waals surface area contributed by atoms with Crippen LogP contribution in [-0.2, 0) is 21.9 Å². The van der Waals surface area contributed by atoms with E-state index in [1.54, 1.807) is 16.7 Å². The van der Waals surface area contributed by atoms with Crippen LogP contribution in [0.15, 0.2) is 53.0 Å². The molecule has 2 rings (SSSR count). The van der Waals surface area contributed by atoms with Gasteiger partial charge in [-0.05, 0) is 56.0 Å². The molecule has 0 fully saturated rings. The third kappa shape index (κ3) is 7.47. The van der Waals surface area contributed by atoms with Crippen LogP contribution in [0.25, 0.3) is 0 Å². The summed E-state index contributed by atoms with van der Waals surface area (Å²) < 4.78 is 1.04. The smallest absolute Gasteiger partial charge is 0.242 e. The van der Waals surface area contributed by atoms with Gasteiger partial charge in [0.15, 0.2) is 0 Å². The first-order chi connectivity index (χ1) is 14.3. The van der Waals surface area contributed by atoms with E-state index >= 15 is 0 Å². The van der Waals surface area contributed by atoms with Crippen LogP contribution >= 0.6 is 27.7 Å². The van der Waals surface area contributed by atoms with E-state index < -0.39 is 6.04 Å². The lowest BCUT2D eigenvalue weighted by atomic mass is 10.1. The zero-order chi connectivity index (χ0) is 22.1. The van der Waals surface area contributed by atoms with E-state index in [9.17, 15) is 9.59 Å². The maximum absolute atomic E-state index is 13.1. The summed E-state index contributed by atoms with van der Waals surface area (Å²) in [7, 11) is 0. The zero-order valence-electron chi connectivity index (χ0n) is 18.2. The molecule has 4 nitrogen and oxygen atoms in total. The molecular weight excluding hydrogens is 460 g/mol. The maximum Gasteiger partial charge on any atom is 0.242 e. The van der Waals surface area contributed by atoms with Crippen LogP contribution in [0.5, 0.6) is 0 Å². The molecule has 162 valence electrons. The molecule has 0 heterocycles. The monoisotopic (exact) mass is 490 g/mol. The van der Waals surface area contributed by atoms with E-state index in [2.05, 4.69) is 33.4 Å². The first-order valence-corrected chi connectivity index (χ1v) is 12.2. The van der Waals surface area contributed by atoms with Crippen molar-refractivity contribution in [3.8, 4) is 0 Å². The standard InChI is InChI=1S/C24H31BrN2O2S/c1-5-18(3)26-24(29)19(4)27(14-21-9-7-6-8-17(21)2)23(28)16-30-15-20-10-12-22(25)13-11-20/h6-13,18-19H,5,14-16H2,1-4H3,(H,26,29)/t18-,19-/m0/s1. The zero-order valence-corrected chi connectivity index (χ0v) is 20.6. The second-order valence-corrected chi connectivity index (χ2v) is 9.46. The van der Waals surface area contributed by atoms with E-state index in [-0.39, 0.29) is 17.9 Å². The highest BCUT2D eigenvalue weighted by molar-refractivity contribution is 9.10. The van der Waals surface area contributed by atoms with Gasteiger partial charge in [0, 0.05) is 22.8 Å². The molecule has 2 aromatic rings. The number of rotatable bonds is 10. The van der Waals surface area contributed by atoms with Crippen LogP contribution in [0.4, 0.5) is 0 Å². The molecule has 0 aliphatic carbocycles. The van der Waals surface area contributed by atoms with Crippen LogP contribution in [0, 0.1) is 6.92 Å². The molecule has 2 amide bonds. The molecule has 0 radical (unpaired) electrons. The van der Waals surface area contributed by atoms with Gasteiger partial charge in [-0.1, -0.05) is 59.3 Å². The van der Waals surface area contributed by atoms with E-state index in [0.717, 1.165) is 27.8 Å². The van der Waals surface area contributed by atoms with E-state index in [1.165, 1.54) is 5.56 Å². The minimum atomic E-state index is -0.528. The van der Waals surface area contributed by atoms with Crippen molar-refractivity contribution < 1.29 is 9.59 Å². The van der Waals surface area contributed by atoms with Gasteiger partial charge in [-0.25, -0.2) is 0 Å². The van der Waals surface area contributed by atoms with Gasteiger partial charge in [-0.15, -0.1) is 11.8 Å². The highest BCUT2D eigenvalue weighted by atomic mass is 79.9. The molecule has 6 heteroatoms. The molecule has 0 unspecified atom stereocenters. The molecule has 0 saturated heterocycles. The number of aryl methyl sites for hydroxylation is 1. The van der Waals surface area contributed by atoms with Crippen molar-refractivity contribution in [2.75, 3.05) is 5.75 Å². The van der Waals surface area contributed by atoms with Gasteiger partial charge in [0.05, 0.1) is 5.75 Å². The number of thioether (sulfide) groups is 1. The van der Waals surface area contributed by atoms with Gasteiger partial charge in [0.2, 0.25) is 11.8 Å². The molecule has 2 atom stereocenters. The largest absolute Gasteiger partial charge is 0.352 e. The predicted molar refractivity (Wildman–Crippen MR) is 129 cm³/mol.